The molecule has 1 amide bonds. The second-order valence-electron chi connectivity index (χ2n) is 6.01. The Morgan fingerprint density at radius 2 is 2.00 bits per heavy atom. The van der Waals surface area contributed by atoms with E-state index in [2.05, 4.69) is 15.3 Å². The maximum absolute atomic E-state index is 11.4. The summed E-state index contributed by atoms with van der Waals surface area (Å²) in [6, 6.07) is 7.80. The lowest BCUT2D eigenvalue weighted by Crippen LogP contribution is -2.22. The van der Waals surface area contributed by atoms with Gasteiger partial charge in [-0.3, -0.25) is 4.79 Å². The van der Waals surface area contributed by atoms with Crippen molar-refractivity contribution in [3.05, 3.63) is 41.0 Å². The average molecular weight is 338 g/mol. The van der Waals surface area contributed by atoms with Crippen LogP contribution >= 0.6 is 11.3 Å². The van der Waals surface area contributed by atoms with Crippen LogP contribution in [-0.2, 0) is 17.6 Å². The van der Waals surface area contributed by atoms with Gasteiger partial charge in [-0.15, -0.1) is 11.3 Å². The maximum atomic E-state index is 11.4. The fourth-order valence-electron chi connectivity index (χ4n) is 3.11. The van der Waals surface area contributed by atoms with E-state index in [-0.39, 0.29) is 5.91 Å². The van der Waals surface area contributed by atoms with Crippen LogP contribution in [0.3, 0.4) is 0 Å². The number of carbonyl (C=O) groups is 1. The van der Waals surface area contributed by atoms with Gasteiger partial charge in [0.25, 0.3) is 0 Å². The molecule has 0 bridgehead atoms. The first-order valence-electron chi connectivity index (χ1n) is 8.00. The van der Waals surface area contributed by atoms with Gasteiger partial charge in [-0.25, -0.2) is 9.97 Å². The van der Waals surface area contributed by atoms with E-state index in [1.807, 2.05) is 24.3 Å². The van der Waals surface area contributed by atoms with Crippen molar-refractivity contribution in [1.29, 1.82) is 0 Å². The van der Waals surface area contributed by atoms with Crippen molar-refractivity contribution in [2.24, 2.45) is 0 Å². The molecular weight excluding hydrogens is 320 g/mol. The van der Waals surface area contributed by atoms with E-state index >= 15 is 0 Å². The molecule has 4 rings (SSSR count). The van der Waals surface area contributed by atoms with Gasteiger partial charge in [0.05, 0.1) is 5.39 Å². The van der Waals surface area contributed by atoms with E-state index in [0.717, 1.165) is 34.9 Å². The summed E-state index contributed by atoms with van der Waals surface area (Å²) in [5.41, 5.74) is 3.23. The van der Waals surface area contributed by atoms with Gasteiger partial charge in [-0.05, 0) is 49.1 Å². The van der Waals surface area contributed by atoms with Crippen LogP contribution in [0.2, 0.25) is 0 Å². The predicted molar refractivity (Wildman–Crippen MR) is 98.2 cm³/mol. The zero-order valence-electron chi connectivity index (χ0n) is 13.7. The van der Waals surface area contributed by atoms with Gasteiger partial charge < -0.3 is 10.2 Å². The normalized spacial score (nSPS) is 13.1. The SMILES string of the molecule is CC(=O)N(C)c1ccc(Nc2ncnc3sc4c(c23)CCC4)cc1. The quantitative estimate of drug-likeness (QED) is 0.787. The molecule has 2 aromatic heterocycles. The smallest absolute Gasteiger partial charge is 0.223 e. The highest BCUT2D eigenvalue weighted by Crippen LogP contribution is 2.39. The summed E-state index contributed by atoms with van der Waals surface area (Å²) >= 11 is 1.79. The standard InChI is InChI=1S/C18H18N4OS/c1-11(23)22(2)13-8-6-12(7-9-13)21-17-16-14-4-3-5-15(14)24-18(16)20-10-19-17/h6-10H,3-5H2,1-2H3,(H,19,20,21). The molecule has 2 heterocycles. The van der Waals surface area contributed by atoms with Crippen LogP contribution in [0.25, 0.3) is 10.2 Å². The average Bonchev–Trinajstić information content (AvgIpc) is 3.16. The molecule has 1 N–H and O–H groups in total. The molecule has 0 atom stereocenters. The second kappa shape index (κ2) is 5.87. The first-order chi connectivity index (χ1) is 11.6. The van der Waals surface area contributed by atoms with E-state index in [9.17, 15) is 4.79 Å². The van der Waals surface area contributed by atoms with Crippen molar-refractivity contribution >= 4 is 44.7 Å². The monoisotopic (exact) mass is 338 g/mol. The highest BCUT2D eigenvalue weighted by Gasteiger charge is 2.21. The first kappa shape index (κ1) is 15.1. The highest BCUT2D eigenvalue weighted by molar-refractivity contribution is 7.19. The highest BCUT2D eigenvalue weighted by atomic mass is 32.1. The number of nitrogens with one attached hydrogen (secondary N) is 1. The molecule has 24 heavy (non-hydrogen) atoms. The van der Waals surface area contributed by atoms with Gasteiger partial charge in [0.1, 0.15) is 17.0 Å². The van der Waals surface area contributed by atoms with Gasteiger partial charge in [-0.1, -0.05) is 0 Å². The molecule has 0 spiro atoms. The number of rotatable bonds is 3. The fraction of sp³-hybridized carbons (Fsp3) is 0.278. The summed E-state index contributed by atoms with van der Waals surface area (Å²) in [5.74, 6) is 0.883. The molecule has 1 aliphatic carbocycles. The number of amides is 1. The Labute approximate surface area is 144 Å². The van der Waals surface area contributed by atoms with E-state index in [1.165, 1.54) is 22.2 Å². The molecule has 0 saturated carbocycles. The topological polar surface area (TPSA) is 58.1 Å². The fourth-order valence-corrected chi connectivity index (χ4v) is 4.34. The number of carbonyl (C=O) groups excluding carboxylic acids is 1. The number of anilines is 3. The summed E-state index contributed by atoms with van der Waals surface area (Å²) in [6.07, 6.45) is 5.10. The minimum absolute atomic E-state index is 0.0158. The zero-order valence-corrected chi connectivity index (χ0v) is 14.5. The zero-order chi connectivity index (χ0) is 16.7. The molecule has 1 aliphatic rings. The molecule has 6 heteroatoms. The van der Waals surface area contributed by atoms with Crippen LogP contribution < -0.4 is 10.2 Å². The Morgan fingerprint density at radius 1 is 1.21 bits per heavy atom. The third-order valence-electron chi connectivity index (χ3n) is 4.49. The number of hydrogen-bond donors (Lipinski definition) is 1. The molecule has 0 saturated heterocycles. The van der Waals surface area contributed by atoms with E-state index < -0.39 is 0 Å². The minimum atomic E-state index is 0.0158. The van der Waals surface area contributed by atoms with E-state index in [0.29, 0.717) is 0 Å². The molecule has 0 fully saturated rings. The van der Waals surface area contributed by atoms with Crippen LogP contribution in [0, 0.1) is 0 Å². The van der Waals surface area contributed by atoms with E-state index in [4.69, 9.17) is 0 Å². The molecule has 1 aromatic carbocycles. The lowest BCUT2D eigenvalue weighted by molar-refractivity contribution is -0.116. The van der Waals surface area contributed by atoms with Gasteiger partial charge in [0, 0.05) is 30.2 Å². The molecule has 0 unspecified atom stereocenters. The molecule has 3 aromatic rings. The van der Waals surface area contributed by atoms with Crippen molar-refractivity contribution in [2.75, 3.05) is 17.3 Å². The van der Waals surface area contributed by atoms with Gasteiger partial charge >= 0.3 is 0 Å². The van der Waals surface area contributed by atoms with Crippen LogP contribution in [0.5, 0.6) is 0 Å². The van der Waals surface area contributed by atoms with Crippen LogP contribution in [0.4, 0.5) is 17.2 Å². The summed E-state index contributed by atoms with van der Waals surface area (Å²) in [7, 11) is 1.77. The first-order valence-corrected chi connectivity index (χ1v) is 8.82. The Balaban J connectivity index is 1.66. The van der Waals surface area contributed by atoms with Crippen molar-refractivity contribution in [3.63, 3.8) is 0 Å². The molecule has 5 nitrogen and oxygen atoms in total. The summed E-state index contributed by atoms with van der Waals surface area (Å²) in [6.45, 7) is 1.56. The maximum Gasteiger partial charge on any atom is 0.223 e. The number of hydrogen-bond acceptors (Lipinski definition) is 5. The summed E-state index contributed by atoms with van der Waals surface area (Å²) < 4.78 is 0. The number of aromatic nitrogens is 2. The Kier molecular flexibility index (Phi) is 3.69. The second-order valence-corrected chi connectivity index (χ2v) is 7.09. The molecular formula is C18H18N4OS. The third-order valence-corrected chi connectivity index (χ3v) is 5.69. The lowest BCUT2D eigenvalue weighted by atomic mass is 10.2. The van der Waals surface area contributed by atoms with Crippen molar-refractivity contribution < 1.29 is 4.79 Å². The Hall–Kier alpha value is -2.47. The van der Waals surface area contributed by atoms with Crippen molar-refractivity contribution in [2.45, 2.75) is 26.2 Å². The largest absolute Gasteiger partial charge is 0.340 e. The molecule has 122 valence electrons. The van der Waals surface area contributed by atoms with Crippen LogP contribution in [-0.4, -0.2) is 22.9 Å². The number of benzene rings is 1. The molecule has 0 aliphatic heterocycles. The number of nitrogens with zero attached hydrogens (tertiary/aromatic N) is 3. The number of fused-ring (bicyclic) bond motifs is 3. The van der Waals surface area contributed by atoms with Gasteiger partial charge in [-0.2, -0.15) is 0 Å². The van der Waals surface area contributed by atoms with Crippen LogP contribution in [0.15, 0.2) is 30.6 Å². The number of thiophene rings is 1. The van der Waals surface area contributed by atoms with Crippen LogP contribution in [0.1, 0.15) is 23.8 Å². The lowest BCUT2D eigenvalue weighted by Gasteiger charge is -2.15. The van der Waals surface area contributed by atoms with Crippen molar-refractivity contribution in [1.82, 2.24) is 9.97 Å². The predicted octanol–water partition coefficient (Wildman–Crippen LogP) is 3.91. The van der Waals surface area contributed by atoms with Crippen molar-refractivity contribution in [3.8, 4) is 0 Å². The summed E-state index contributed by atoms with van der Waals surface area (Å²) in [4.78, 5) is 24.5. The number of aryl methyl sites for hydroxylation is 2. The Morgan fingerprint density at radius 3 is 2.75 bits per heavy atom. The third kappa shape index (κ3) is 2.53. The van der Waals surface area contributed by atoms with Gasteiger partial charge in [0.2, 0.25) is 5.91 Å². The van der Waals surface area contributed by atoms with Gasteiger partial charge in [0.15, 0.2) is 0 Å². The molecule has 0 radical (unpaired) electrons. The van der Waals surface area contributed by atoms with E-state index in [1.54, 1.807) is 36.5 Å². The summed E-state index contributed by atoms with van der Waals surface area (Å²) in [5, 5.41) is 4.58. The Bertz CT molecular complexity index is 917. The minimum Gasteiger partial charge on any atom is -0.340 e.